The van der Waals surface area contributed by atoms with E-state index in [0.717, 1.165) is 20.9 Å². The van der Waals surface area contributed by atoms with Gasteiger partial charge in [0.25, 0.3) is 5.91 Å². The van der Waals surface area contributed by atoms with E-state index in [2.05, 4.69) is 26.6 Å². The Labute approximate surface area is 148 Å². The third-order valence-corrected chi connectivity index (χ3v) is 4.77. The Bertz CT molecular complexity index is 975. The molecule has 0 saturated heterocycles. The van der Waals surface area contributed by atoms with E-state index in [1.807, 2.05) is 48.5 Å². The van der Waals surface area contributed by atoms with Crippen LogP contribution in [0.2, 0.25) is 0 Å². The number of benzene rings is 2. The second kappa shape index (κ2) is 6.82. The summed E-state index contributed by atoms with van der Waals surface area (Å²) in [5, 5.41) is 12.2. The fraction of sp³-hybridized carbons (Fsp3) is 0.111. The van der Waals surface area contributed by atoms with Crippen molar-refractivity contribution >= 4 is 27.5 Å². The molecule has 2 heterocycles. The van der Waals surface area contributed by atoms with Crippen LogP contribution in [-0.4, -0.2) is 32.4 Å². The lowest BCUT2D eigenvalue weighted by Crippen LogP contribution is -2.26. The van der Waals surface area contributed by atoms with Gasteiger partial charge in [0.2, 0.25) is 0 Å². The number of hydrogen-bond donors (Lipinski definition) is 1. The summed E-state index contributed by atoms with van der Waals surface area (Å²) in [6, 6.07) is 17.5. The normalized spacial score (nSPS) is 10.9. The Morgan fingerprint density at radius 2 is 1.88 bits per heavy atom. The van der Waals surface area contributed by atoms with E-state index in [9.17, 15) is 4.79 Å². The maximum atomic E-state index is 12.2. The van der Waals surface area contributed by atoms with Crippen LogP contribution in [0.25, 0.3) is 15.9 Å². The van der Waals surface area contributed by atoms with E-state index in [1.165, 1.54) is 11.0 Å². The Balaban J connectivity index is 1.37. The topological polar surface area (TPSA) is 72.7 Å². The number of fused-ring (bicyclic) bond motifs is 1. The molecule has 124 valence electrons. The highest BCUT2D eigenvalue weighted by Gasteiger charge is 2.11. The van der Waals surface area contributed by atoms with E-state index >= 15 is 0 Å². The van der Waals surface area contributed by atoms with Gasteiger partial charge in [0, 0.05) is 13.0 Å². The summed E-state index contributed by atoms with van der Waals surface area (Å²) in [5.74, 6) is -0.233. The molecule has 0 aliphatic rings. The molecular formula is C18H15N5OS. The summed E-state index contributed by atoms with van der Waals surface area (Å²) >= 11 is 1.65. The highest BCUT2D eigenvalue weighted by atomic mass is 32.1. The van der Waals surface area contributed by atoms with Crippen LogP contribution < -0.4 is 5.32 Å². The van der Waals surface area contributed by atoms with Crippen molar-refractivity contribution in [3.63, 3.8) is 0 Å². The number of hydrogen-bond acceptors (Lipinski definition) is 5. The molecule has 0 aliphatic carbocycles. The summed E-state index contributed by atoms with van der Waals surface area (Å²) in [4.78, 5) is 18.2. The molecule has 0 spiro atoms. The van der Waals surface area contributed by atoms with Gasteiger partial charge in [0.15, 0.2) is 5.69 Å². The molecule has 1 N–H and O–H groups in total. The van der Waals surface area contributed by atoms with Crippen LogP contribution in [0.15, 0.2) is 60.8 Å². The molecule has 4 aromatic rings. The lowest BCUT2D eigenvalue weighted by atomic mass is 10.3. The summed E-state index contributed by atoms with van der Waals surface area (Å²) in [6.07, 6.45) is 2.16. The predicted molar refractivity (Wildman–Crippen MR) is 97.0 cm³/mol. The van der Waals surface area contributed by atoms with Gasteiger partial charge >= 0.3 is 0 Å². The highest BCUT2D eigenvalue weighted by Crippen LogP contribution is 2.21. The van der Waals surface area contributed by atoms with Gasteiger partial charge < -0.3 is 5.32 Å². The molecule has 7 heteroatoms. The van der Waals surface area contributed by atoms with Crippen molar-refractivity contribution < 1.29 is 4.79 Å². The summed E-state index contributed by atoms with van der Waals surface area (Å²) in [5.41, 5.74) is 2.11. The van der Waals surface area contributed by atoms with Crippen molar-refractivity contribution in [2.45, 2.75) is 6.42 Å². The zero-order valence-electron chi connectivity index (χ0n) is 13.3. The average molecular weight is 349 g/mol. The molecule has 6 nitrogen and oxygen atoms in total. The molecule has 2 aromatic heterocycles. The monoisotopic (exact) mass is 349 g/mol. The molecule has 0 saturated carbocycles. The summed E-state index contributed by atoms with van der Waals surface area (Å²) in [7, 11) is 0. The van der Waals surface area contributed by atoms with Gasteiger partial charge in [-0.25, -0.2) is 4.98 Å². The lowest BCUT2D eigenvalue weighted by molar-refractivity contribution is 0.0948. The number of carbonyl (C=O) groups excluding carboxylic acids is 1. The first-order chi connectivity index (χ1) is 12.3. The number of para-hydroxylation sites is 2. The molecule has 0 aliphatic heterocycles. The van der Waals surface area contributed by atoms with Crippen LogP contribution in [0.5, 0.6) is 0 Å². The van der Waals surface area contributed by atoms with Crippen molar-refractivity contribution in [2.75, 3.05) is 6.54 Å². The zero-order chi connectivity index (χ0) is 17.1. The lowest BCUT2D eigenvalue weighted by Gasteiger charge is -2.01. The van der Waals surface area contributed by atoms with Gasteiger partial charge in [0.1, 0.15) is 0 Å². The summed E-state index contributed by atoms with van der Waals surface area (Å²) < 4.78 is 1.16. The smallest absolute Gasteiger partial charge is 0.273 e. The van der Waals surface area contributed by atoms with Gasteiger partial charge in [-0.2, -0.15) is 9.90 Å². The molecule has 1 amide bonds. The van der Waals surface area contributed by atoms with E-state index in [1.54, 1.807) is 11.3 Å². The number of amides is 1. The Morgan fingerprint density at radius 3 is 2.72 bits per heavy atom. The first kappa shape index (κ1) is 15.5. The maximum Gasteiger partial charge on any atom is 0.273 e. The van der Waals surface area contributed by atoms with Crippen LogP contribution in [-0.2, 0) is 6.42 Å². The average Bonchev–Trinajstić information content (AvgIpc) is 3.29. The fourth-order valence-electron chi connectivity index (χ4n) is 2.45. The van der Waals surface area contributed by atoms with E-state index in [4.69, 9.17) is 0 Å². The Hall–Kier alpha value is -3.06. The second-order valence-electron chi connectivity index (χ2n) is 5.44. The molecular weight excluding hydrogens is 334 g/mol. The summed E-state index contributed by atoms with van der Waals surface area (Å²) in [6.45, 7) is 0.511. The molecule has 0 atom stereocenters. The SMILES string of the molecule is O=C(NCCc1nc2ccccc2s1)c1cnn(-c2ccccc2)n1. The minimum Gasteiger partial charge on any atom is -0.350 e. The van der Waals surface area contributed by atoms with E-state index in [-0.39, 0.29) is 5.91 Å². The first-order valence-corrected chi connectivity index (χ1v) is 8.72. The minimum atomic E-state index is -0.233. The van der Waals surface area contributed by atoms with Gasteiger partial charge in [-0.3, -0.25) is 4.79 Å². The third-order valence-electron chi connectivity index (χ3n) is 3.67. The zero-order valence-corrected chi connectivity index (χ0v) is 14.1. The van der Waals surface area contributed by atoms with Crippen molar-refractivity contribution in [3.8, 4) is 5.69 Å². The standard InChI is InChI=1S/C18H15N5OS/c24-18(15-12-20-23(22-15)13-6-2-1-3-7-13)19-11-10-17-21-14-8-4-5-9-16(14)25-17/h1-9,12H,10-11H2,(H,19,24). The van der Waals surface area contributed by atoms with Crippen LogP contribution in [0.3, 0.4) is 0 Å². The number of rotatable bonds is 5. The van der Waals surface area contributed by atoms with Gasteiger partial charge in [-0.1, -0.05) is 30.3 Å². The minimum absolute atomic E-state index is 0.233. The maximum absolute atomic E-state index is 12.2. The van der Waals surface area contributed by atoms with Crippen LogP contribution >= 0.6 is 11.3 Å². The fourth-order valence-corrected chi connectivity index (χ4v) is 3.42. The molecule has 0 fully saturated rings. The number of aromatic nitrogens is 4. The molecule has 4 rings (SSSR count). The second-order valence-corrected chi connectivity index (χ2v) is 6.55. The van der Waals surface area contributed by atoms with Crippen molar-refractivity contribution in [1.29, 1.82) is 0 Å². The Morgan fingerprint density at radius 1 is 1.08 bits per heavy atom. The van der Waals surface area contributed by atoms with E-state index < -0.39 is 0 Å². The molecule has 2 aromatic carbocycles. The van der Waals surface area contributed by atoms with Gasteiger partial charge in [-0.05, 0) is 24.3 Å². The van der Waals surface area contributed by atoms with Crippen molar-refractivity contribution in [3.05, 3.63) is 71.5 Å². The number of thiazole rings is 1. The van der Waals surface area contributed by atoms with E-state index in [0.29, 0.717) is 18.7 Å². The van der Waals surface area contributed by atoms with Crippen LogP contribution in [0, 0.1) is 0 Å². The van der Waals surface area contributed by atoms with Crippen LogP contribution in [0.4, 0.5) is 0 Å². The number of carbonyl (C=O) groups is 1. The number of nitrogens with one attached hydrogen (secondary N) is 1. The molecule has 0 bridgehead atoms. The molecule has 25 heavy (non-hydrogen) atoms. The van der Waals surface area contributed by atoms with Crippen molar-refractivity contribution in [1.82, 2.24) is 25.3 Å². The predicted octanol–water partition coefficient (Wildman–Crippen LogP) is 2.85. The molecule has 0 unspecified atom stereocenters. The van der Waals surface area contributed by atoms with Gasteiger partial charge in [0.05, 0.1) is 27.1 Å². The third kappa shape index (κ3) is 3.41. The first-order valence-electron chi connectivity index (χ1n) is 7.90. The highest BCUT2D eigenvalue weighted by molar-refractivity contribution is 7.18. The van der Waals surface area contributed by atoms with Gasteiger partial charge in [-0.15, -0.1) is 16.4 Å². The largest absolute Gasteiger partial charge is 0.350 e. The quantitative estimate of drug-likeness (QED) is 0.601. The number of nitrogens with zero attached hydrogens (tertiary/aromatic N) is 4. The Kier molecular flexibility index (Phi) is 4.22. The van der Waals surface area contributed by atoms with Crippen molar-refractivity contribution in [2.24, 2.45) is 0 Å². The molecule has 0 radical (unpaired) electrons. The van der Waals surface area contributed by atoms with Crippen LogP contribution in [0.1, 0.15) is 15.5 Å².